The predicted molar refractivity (Wildman–Crippen MR) is 110 cm³/mol. The van der Waals surface area contributed by atoms with Gasteiger partial charge in [0.25, 0.3) is 0 Å². The molecule has 0 bridgehead atoms. The van der Waals surface area contributed by atoms with Crippen molar-refractivity contribution in [3.05, 3.63) is 71.6 Å². The molecule has 0 aliphatic carbocycles. The zero-order valence-corrected chi connectivity index (χ0v) is 16.8. The monoisotopic (exact) mass is 380 g/mol. The van der Waals surface area contributed by atoms with E-state index in [0.717, 1.165) is 11.3 Å². The van der Waals surface area contributed by atoms with Gasteiger partial charge in [-0.2, -0.15) is 0 Å². The number of benzene rings is 1. The molecule has 0 saturated carbocycles. The van der Waals surface area contributed by atoms with Gasteiger partial charge in [0.15, 0.2) is 0 Å². The van der Waals surface area contributed by atoms with Crippen LogP contribution < -0.4 is 0 Å². The molecule has 148 valence electrons. The van der Waals surface area contributed by atoms with Crippen molar-refractivity contribution in [3.8, 4) is 0 Å². The van der Waals surface area contributed by atoms with Crippen LogP contribution in [-0.2, 0) is 20.9 Å². The Balaban J connectivity index is 2.06. The molecule has 1 amide bonds. The SMILES string of the molecule is CCOC(=O)CCN(Cc1ccccn1)C(=O)/C=C/c1ccc(C(C)C)cc1. The van der Waals surface area contributed by atoms with Crippen molar-refractivity contribution in [2.45, 2.75) is 39.7 Å². The number of rotatable bonds is 9. The molecular formula is C23H28N2O3. The van der Waals surface area contributed by atoms with E-state index >= 15 is 0 Å². The van der Waals surface area contributed by atoms with Crippen molar-refractivity contribution in [2.75, 3.05) is 13.2 Å². The Morgan fingerprint density at radius 2 is 1.89 bits per heavy atom. The second kappa shape index (κ2) is 11.0. The maximum Gasteiger partial charge on any atom is 0.307 e. The summed E-state index contributed by atoms with van der Waals surface area (Å²) in [4.78, 5) is 30.3. The highest BCUT2D eigenvalue weighted by molar-refractivity contribution is 5.92. The van der Waals surface area contributed by atoms with E-state index in [9.17, 15) is 9.59 Å². The van der Waals surface area contributed by atoms with Crippen molar-refractivity contribution in [3.63, 3.8) is 0 Å². The normalized spacial score (nSPS) is 11.0. The standard InChI is InChI=1S/C23H28N2O3/c1-4-28-23(27)14-16-25(17-21-7-5-6-15-24-21)22(26)13-10-19-8-11-20(12-9-19)18(2)3/h5-13,15,18H,4,14,16-17H2,1-3H3/b13-10+. The Bertz CT molecular complexity index is 783. The second-order valence-electron chi connectivity index (χ2n) is 6.79. The largest absolute Gasteiger partial charge is 0.466 e. The molecule has 0 N–H and O–H groups in total. The molecule has 0 unspecified atom stereocenters. The molecule has 0 saturated heterocycles. The second-order valence-corrected chi connectivity index (χ2v) is 6.79. The molecule has 1 aromatic heterocycles. The molecule has 2 rings (SSSR count). The van der Waals surface area contributed by atoms with E-state index in [0.29, 0.717) is 19.1 Å². The van der Waals surface area contributed by atoms with E-state index < -0.39 is 0 Å². The van der Waals surface area contributed by atoms with Gasteiger partial charge < -0.3 is 9.64 Å². The van der Waals surface area contributed by atoms with Crippen LogP contribution in [-0.4, -0.2) is 34.9 Å². The fourth-order valence-electron chi connectivity index (χ4n) is 2.68. The first-order valence-electron chi connectivity index (χ1n) is 9.62. The number of carbonyl (C=O) groups is 2. The van der Waals surface area contributed by atoms with Gasteiger partial charge in [0.2, 0.25) is 5.91 Å². The van der Waals surface area contributed by atoms with Gasteiger partial charge in [-0.05, 0) is 42.2 Å². The third kappa shape index (κ3) is 6.99. The summed E-state index contributed by atoms with van der Waals surface area (Å²) < 4.78 is 4.97. The van der Waals surface area contributed by atoms with Crippen molar-refractivity contribution in [1.29, 1.82) is 0 Å². The lowest BCUT2D eigenvalue weighted by atomic mass is 10.0. The number of pyridine rings is 1. The fourth-order valence-corrected chi connectivity index (χ4v) is 2.68. The molecule has 5 nitrogen and oxygen atoms in total. The summed E-state index contributed by atoms with van der Waals surface area (Å²) in [6.45, 7) is 7.02. The maximum atomic E-state index is 12.7. The number of esters is 1. The third-order valence-corrected chi connectivity index (χ3v) is 4.30. The molecule has 5 heteroatoms. The van der Waals surface area contributed by atoms with Crippen molar-refractivity contribution < 1.29 is 14.3 Å². The zero-order valence-electron chi connectivity index (χ0n) is 16.8. The third-order valence-electron chi connectivity index (χ3n) is 4.30. The Hall–Kier alpha value is -2.95. The van der Waals surface area contributed by atoms with E-state index in [1.54, 1.807) is 30.2 Å². The molecule has 0 aliphatic rings. The van der Waals surface area contributed by atoms with E-state index in [1.165, 1.54) is 5.56 Å². The van der Waals surface area contributed by atoms with Gasteiger partial charge in [-0.1, -0.05) is 44.2 Å². The molecule has 0 aliphatic heterocycles. The number of aromatic nitrogens is 1. The van der Waals surface area contributed by atoms with Crippen LogP contribution >= 0.6 is 0 Å². The molecule has 1 heterocycles. The van der Waals surface area contributed by atoms with Gasteiger partial charge in [-0.3, -0.25) is 14.6 Å². The Kier molecular flexibility index (Phi) is 8.40. The number of nitrogens with zero attached hydrogens (tertiary/aromatic N) is 2. The summed E-state index contributed by atoms with van der Waals surface area (Å²) in [7, 11) is 0. The minimum atomic E-state index is -0.311. The van der Waals surface area contributed by atoms with Gasteiger partial charge in [-0.25, -0.2) is 0 Å². The molecule has 28 heavy (non-hydrogen) atoms. The highest BCUT2D eigenvalue weighted by Gasteiger charge is 2.14. The van der Waals surface area contributed by atoms with Gasteiger partial charge in [0, 0.05) is 18.8 Å². The number of amides is 1. The van der Waals surface area contributed by atoms with Crippen LogP contribution in [0.4, 0.5) is 0 Å². The van der Waals surface area contributed by atoms with Crippen LogP contribution in [0.25, 0.3) is 6.08 Å². The first-order valence-corrected chi connectivity index (χ1v) is 9.62. The van der Waals surface area contributed by atoms with Gasteiger partial charge in [0.1, 0.15) is 0 Å². The van der Waals surface area contributed by atoms with E-state index in [4.69, 9.17) is 4.74 Å². The van der Waals surface area contributed by atoms with Crippen molar-refractivity contribution in [1.82, 2.24) is 9.88 Å². The van der Waals surface area contributed by atoms with Crippen LogP contribution in [0.2, 0.25) is 0 Å². The highest BCUT2D eigenvalue weighted by Crippen LogP contribution is 2.15. The minimum Gasteiger partial charge on any atom is -0.466 e. The van der Waals surface area contributed by atoms with Gasteiger partial charge in [0.05, 0.1) is 25.3 Å². The van der Waals surface area contributed by atoms with Gasteiger partial charge in [-0.15, -0.1) is 0 Å². The molecule has 0 fully saturated rings. The molecule has 0 atom stereocenters. The Labute approximate surface area is 167 Å². The van der Waals surface area contributed by atoms with Crippen LogP contribution in [0.15, 0.2) is 54.7 Å². The van der Waals surface area contributed by atoms with Crippen molar-refractivity contribution in [2.24, 2.45) is 0 Å². The zero-order chi connectivity index (χ0) is 20.4. The lowest BCUT2D eigenvalue weighted by Crippen LogP contribution is -2.31. The maximum absolute atomic E-state index is 12.7. The quantitative estimate of drug-likeness (QED) is 0.483. The smallest absolute Gasteiger partial charge is 0.307 e. The van der Waals surface area contributed by atoms with Crippen LogP contribution in [0, 0.1) is 0 Å². The van der Waals surface area contributed by atoms with Crippen LogP contribution in [0.3, 0.4) is 0 Å². The Morgan fingerprint density at radius 1 is 1.14 bits per heavy atom. The van der Waals surface area contributed by atoms with E-state index in [-0.39, 0.29) is 24.8 Å². The summed E-state index contributed by atoms with van der Waals surface area (Å²) in [5, 5.41) is 0. The highest BCUT2D eigenvalue weighted by atomic mass is 16.5. The Morgan fingerprint density at radius 3 is 2.50 bits per heavy atom. The summed E-state index contributed by atoms with van der Waals surface area (Å²) in [6.07, 6.45) is 5.18. The van der Waals surface area contributed by atoms with Crippen molar-refractivity contribution >= 4 is 18.0 Å². The topological polar surface area (TPSA) is 59.5 Å². The number of ether oxygens (including phenoxy) is 1. The van der Waals surface area contributed by atoms with Gasteiger partial charge >= 0.3 is 5.97 Å². The number of hydrogen-bond acceptors (Lipinski definition) is 4. The summed E-state index contributed by atoms with van der Waals surface area (Å²) >= 11 is 0. The summed E-state index contributed by atoms with van der Waals surface area (Å²) in [5.41, 5.74) is 2.99. The molecular weight excluding hydrogens is 352 g/mol. The first-order chi connectivity index (χ1) is 13.5. The van der Waals surface area contributed by atoms with E-state index in [1.807, 2.05) is 30.3 Å². The number of carbonyl (C=O) groups excluding carboxylic acids is 2. The number of hydrogen-bond donors (Lipinski definition) is 0. The van der Waals surface area contributed by atoms with Crippen LogP contribution in [0.1, 0.15) is 49.9 Å². The molecule has 2 aromatic rings. The summed E-state index contributed by atoms with van der Waals surface area (Å²) in [5.74, 6) is -0.00568. The van der Waals surface area contributed by atoms with E-state index in [2.05, 4.69) is 31.0 Å². The average molecular weight is 380 g/mol. The minimum absolute atomic E-state index is 0.156. The van der Waals surface area contributed by atoms with Crippen LogP contribution in [0.5, 0.6) is 0 Å². The lowest BCUT2D eigenvalue weighted by molar-refractivity contribution is -0.143. The lowest BCUT2D eigenvalue weighted by Gasteiger charge is -2.20. The molecule has 1 aromatic carbocycles. The molecule has 0 radical (unpaired) electrons. The fraction of sp³-hybridized carbons (Fsp3) is 0.348. The molecule has 0 spiro atoms. The summed E-state index contributed by atoms with van der Waals surface area (Å²) in [6, 6.07) is 13.7. The first kappa shape index (κ1) is 21.4. The predicted octanol–water partition coefficient (Wildman–Crippen LogP) is 4.20. The average Bonchev–Trinajstić information content (AvgIpc) is 2.70.